The van der Waals surface area contributed by atoms with Gasteiger partial charge in [-0.2, -0.15) is 0 Å². The molecule has 0 rings (SSSR count). The zero-order valence-electron chi connectivity index (χ0n) is 12.9. The van der Waals surface area contributed by atoms with Gasteiger partial charge in [0.1, 0.15) is 11.2 Å². The first-order valence-electron chi connectivity index (χ1n) is 6.50. The van der Waals surface area contributed by atoms with Gasteiger partial charge in [-0.25, -0.2) is 0 Å². The summed E-state index contributed by atoms with van der Waals surface area (Å²) in [7, 11) is 0. The molecule has 0 aromatic rings. The van der Waals surface area contributed by atoms with Gasteiger partial charge < -0.3 is 9.47 Å². The number of allylic oxidation sites excluding steroid dienone is 1. The lowest BCUT2D eigenvalue weighted by Gasteiger charge is -2.26. The van der Waals surface area contributed by atoms with Crippen molar-refractivity contribution in [1.29, 1.82) is 0 Å². The van der Waals surface area contributed by atoms with Crippen molar-refractivity contribution < 1.29 is 14.3 Å². The minimum absolute atomic E-state index is 0.150. The van der Waals surface area contributed by atoms with E-state index in [9.17, 15) is 4.79 Å². The standard InChI is InChI=1S/C15H28O3/c1-11(12(2)17-14(3,4)5)9-10-13(16)18-15(6,7)8/h11H,2,9-10H2,1,3-8H3. The van der Waals surface area contributed by atoms with Gasteiger partial charge in [-0.15, -0.1) is 0 Å². The summed E-state index contributed by atoms with van der Waals surface area (Å²) in [5, 5.41) is 0. The molecule has 0 saturated carbocycles. The highest BCUT2D eigenvalue weighted by Gasteiger charge is 2.20. The molecule has 0 aliphatic rings. The Morgan fingerprint density at radius 3 is 1.89 bits per heavy atom. The van der Waals surface area contributed by atoms with Crippen molar-refractivity contribution in [2.75, 3.05) is 0 Å². The predicted molar refractivity (Wildman–Crippen MR) is 74.2 cm³/mol. The molecule has 3 nitrogen and oxygen atoms in total. The van der Waals surface area contributed by atoms with Crippen LogP contribution < -0.4 is 0 Å². The van der Waals surface area contributed by atoms with Crippen LogP contribution in [0, 0.1) is 5.92 Å². The first-order valence-corrected chi connectivity index (χ1v) is 6.50. The summed E-state index contributed by atoms with van der Waals surface area (Å²) < 4.78 is 10.9. The number of hydrogen-bond donors (Lipinski definition) is 0. The molecule has 0 aromatic carbocycles. The van der Waals surface area contributed by atoms with Crippen molar-refractivity contribution in [3.63, 3.8) is 0 Å². The molecule has 1 unspecified atom stereocenters. The largest absolute Gasteiger partial charge is 0.493 e. The highest BCUT2D eigenvalue weighted by atomic mass is 16.6. The highest BCUT2D eigenvalue weighted by molar-refractivity contribution is 5.69. The number of carbonyl (C=O) groups excluding carboxylic acids is 1. The summed E-state index contributed by atoms with van der Waals surface area (Å²) in [6, 6.07) is 0. The smallest absolute Gasteiger partial charge is 0.306 e. The van der Waals surface area contributed by atoms with Crippen molar-refractivity contribution in [2.45, 2.75) is 72.5 Å². The molecule has 0 aliphatic carbocycles. The maximum atomic E-state index is 11.6. The monoisotopic (exact) mass is 256 g/mol. The molecule has 0 fully saturated rings. The van der Waals surface area contributed by atoms with Crippen LogP contribution in [0.4, 0.5) is 0 Å². The number of hydrogen-bond acceptors (Lipinski definition) is 3. The summed E-state index contributed by atoms with van der Waals surface area (Å²) in [6.45, 7) is 17.5. The zero-order valence-corrected chi connectivity index (χ0v) is 12.9. The van der Waals surface area contributed by atoms with Crippen LogP contribution in [0.5, 0.6) is 0 Å². The van der Waals surface area contributed by atoms with Gasteiger partial charge in [0.15, 0.2) is 0 Å². The Morgan fingerprint density at radius 2 is 1.50 bits per heavy atom. The molecule has 0 heterocycles. The molecule has 0 radical (unpaired) electrons. The van der Waals surface area contributed by atoms with E-state index >= 15 is 0 Å². The predicted octanol–water partition coefficient (Wildman–Crippen LogP) is 4.07. The SMILES string of the molecule is C=C(OC(C)(C)C)C(C)CCC(=O)OC(C)(C)C. The molecule has 0 aromatic heterocycles. The molecular weight excluding hydrogens is 228 g/mol. The Kier molecular flexibility index (Phi) is 5.91. The minimum atomic E-state index is -0.417. The van der Waals surface area contributed by atoms with Gasteiger partial charge in [0.05, 0.1) is 5.76 Å². The Bertz CT molecular complexity index is 292. The first kappa shape index (κ1) is 17.0. The summed E-state index contributed by atoms with van der Waals surface area (Å²) in [6.07, 6.45) is 1.09. The highest BCUT2D eigenvalue weighted by Crippen LogP contribution is 2.22. The molecule has 0 N–H and O–H groups in total. The fourth-order valence-corrected chi connectivity index (χ4v) is 1.38. The maximum Gasteiger partial charge on any atom is 0.306 e. The van der Waals surface area contributed by atoms with Crippen LogP contribution in [0.15, 0.2) is 12.3 Å². The molecule has 0 aliphatic heterocycles. The molecule has 0 bridgehead atoms. The van der Waals surface area contributed by atoms with E-state index in [1.807, 2.05) is 48.5 Å². The van der Waals surface area contributed by atoms with Gasteiger partial charge >= 0.3 is 5.97 Å². The van der Waals surface area contributed by atoms with E-state index in [1.54, 1.807) is 0 Å². The molecule has 0 spiro atoms. The Balaban J connectivity index is 4.07. The molecule has 0 saturated heterocycles. The van der Waals surface area contributed by atoms with Crippen molar-refractivity contribution in [3.05, 3.63) is 12.3 Å². The van der Waals surface area contributed by atoms with Gasteiger partial charge in [-0.3, -0.25) is 4.79 Å². The van der Waals surface area contributed by atoms with E-state index in [0.717, 1.165) is 5.76 Å². The summed E-state index contributed by atoms with van der Waals surface area (Å²) in [5.74, 6) is 0.709. The fraction of sp³-hybridized carbons (Fsp3) is 0.800. The number of esters is 1. The van der Waals surface area contributed by atoms with Crippen molar-refractivity contribution in [2.24, 2.45) is 5.92 Å². The van der Waals surface area contributed by atoms with Crippen LogP contribution in [-0.2, 0) is 14.3 Å². The molecular formula is C15H28O3. The second-order valence-corrected chi connectivity index (χ2v) is 6.71. The second-order valence-electron chi connectivity index (χ2n) is 6.71. The topological polar surface area (TPSA) is 35.5 Å². The third kappa shape index (κ3) is 9.08. The lowest BCUT2D eigenvalue weighted by molar-refractivity contribution is -0.155. The van der Waals surface area contributed by atoms with E-state index < -0.39 is 5.60 Å². The quantitative estimate of drug-likeness (QED) is 0.549. The summed E-state index contributed by atoms with van der Waals surface area (Å²) in [5.41, 5.74) is -0.656. The minimum Gasteiger partial charge on any atom is -0.493 e. The van der Waals surface area contributed by atoms with Gasteiger partial charge in [0.2, 0.25) is 0 Å². The van der Waals surface area contributed by atoms with E-state index in [1.165, 1.54) is 0 Å². The fourth-order valence-electron chi connectivity index (χ4n) is 1.38. The van der Waals surface area contributed by atoms with Crippen molar-refractivity contribution in [3.8, 4) is 0 Å². The molecule has 0 amide bonds. The maximum absolute atomic E-state index is 11.6. The van der Waals surface area contributed by atoms with Gasteiger partial charge in [0.25, 0.3) is 0 Å². The normalized spacial score (nSPS) is 13.9. The van der Waals surface area contributed by atoms with Crippen LogP contribution in [0.2, 0.25) is 0 Å². The van der Waals surface area contributed by atoms with Gasteiger partial charge in [-0.05, 0) is 48.0 Å². The van der Waals surface area contributed by atoms with Crippen LogP contribution in [-0.4, -0.2) is 17.2 Å². The lowest BCUT2D eigenvalue weighted by atomic mass is 10.0. The summed E-state index contributed by atoms with van der Waals surface area (Å²) in [4.78, 5) is 11.6. The lowest BCUT2D eigenvalue weighted by Crippen LogP contribution is -2.24. The molecule has 3 heteroatoms. The van der Waals surface area contributed by atoms with Gasteiger partial charge in [-0.1, -0.05) is 13.5 Å². The number of carbonyl (C=O) groups is 1. The van der Waals surface area contributed by atoms with Crippen molar-refractivity contribution >= 4 is 5.97 Å². The molecule has 18 heavy (non-hydrogen) atoms. The molecule has 106 valence electrons. The third-order valence-corrected chi connectivity index (χ3v) is 2.19. The van der Waals surface area contributed by atoms with Crippen molar-refractivity contribution in [1.82, 2.24) is 0 Å². The van der Waals surface area contributed by atoms with E-state index in [4.69, 9.17) is 9.47 Å². The van der Waals surface area contributed by atoms with Crippen LogP contribution >= 0.6 is 0 Å². The second kappa shape index (κ2) is 6.26. The van der Waals surface area contributed by atoms with E-state index in [2.05, 4.69) is 6.58 Å². The third-order valence-electron chi connectivity index (χ3n) is 2.19. The van der Waals surface area contributed by atoms with Gasteiger partial charge in [0, 0.05) is 12.3 Å². The van der Waals surface area contributed by atoms with E-state index in [0.29, 0.717) is 12.8 Å². The number of ether oxygens (including phenoxy) is 2. The van der Waals surface area contributed by atoms with E-state index in [-0.39, 0.29) is 17.5 Å². The molecule has 1 atom stereocenters. The van der Waals surface area contributed by atoms with Crippen LogP contribution in [0.25, 0.3) is 0 Å². The number of rotatable bonds is 5. The average molecular weight is 256 g/mol. The Morgan fingerprint density at radius 1 is 1.06 bits per heavy atom. The van der Waals surface area contributed by atoms with Crippen LogP contribution in [0.3, 0.4) is 0 Å². The zero-order chi connectivity index (χ0) is 14.6. The summed E-state index contributed by atoms with van der Waals surface area (Å²) >= 11 is 0. The Hall–Kier alpha value is -0.990. The average Bonchev–Trinajstić information content (AvgIpc) is 2.08. The Labute approximate surface area is 112 Å². The first-order chi connectivity index (χ1) is 7.91. The van der Waals surface area contributed by atoms with Crippen LogP contribution in [0.1, 0.15) is 61.3 Å².